The normalized spacial score (nSPS) is 11.0. The molecule has 0 radical (unpaired) electrons. The van der Waals surface area contributed by atoms with E-state index in [1.54, 1.807) is 0 Å². The van der Waals surface area contributed by atoms with Crippen molar-refractivity contribution in [2.75, 3.05) is 0 Å². The molecule has 0 bridgehead atoms. The minimum Gasteiger partial charge on any atom is -0.309 e. The van der Waals surface area contributed by atoms with Crippen molar-refractivity contribution in [1.82, 2.24) is 4.57 Å². The van der Waals surface area contributed by atoms with Crippen LogP contribution in [0, 0.1) is 20.8 Å². The van der Waals surface area contributed by atoms with E-state index in [-0.39, 0.29) is 0 Å². The summed E-state index contributed by atoms with van der Waals surface area (Å²) in [7, 11) is 0. The lowest BCUT2D eigenvalue weighted by molar-refractivity contribution is 1.17. The predicted molar refractivity (Wildman–Crippen MR) is 164 cm³/mol. The smallest absolute Gasteiger partial charge is 0.0541 e. The van der Waals surface area contributed by atoms with Crippen molar-refractivity contribution in [2.45, 2.75) is 20.8 Å². The standard InChI is InChI=1S/C19H15N.C18H16/c1-14-10-12-15(13-11-14)20-18-8-4-2-6-16(18)17-7-3-5-9-19(17)20;1-13-3-6-15(7-4-13)17-10-9-16-8-5-14(2)11-18(16)12-17/h2-13H,1H3;3-12H,1-2H3. The van der Waals surface area contributed by atoms with Gasteiger partial charge in [0.05, 0.1) is 11.0 Å². The molecule has 7 aromatic rings. The Balaban J connectivity index is 0.000000140. The summed E-state index contributed by atoms with van der Waals surface area (Å²) in [5.74, 6) is 0. The molecule has 0 aliphatic heterocycles. The molecular formula is C37H31N. The van der Waals surface area contributed by atoms with Gasteiger partial charge in [0.25, 0.3) is 0 Å². The zero-order valence-corrected chi connectivity index (χ0v) is 22.1. The van der Waals surface area contributed by atoms with E-state index < -0.39 is 0 Å². The summed E-state index contributed by atoms with van der Waals surface area (Å²) < 4.78 is 2.34. The number of para-hydroxylation sites is 2. The first kappa shape index (κ1) is 23.8. The van der Waals surface area contributed by atoms with E-state index in [9.17, 15) is 0 Å². The number of benzene rings is 6. The highest BCUT2D eigenvalue weighted by molar-refractivity contribution is 6.09. The Bertz CT molecular complexity index is 1820. The minimum atomic E-state index is 1.22. The molecule has 0 N–H and O–H groups in total. The van der Waals surface area contributed by atoms with Crippen LogP contribution in [0.2, 0.25) is 0 Å². The quantitative estimate of drug-likeness (QED) is 0.228. The van der Waals surface area contributed by atoms with Crippen molar-refractivity contribution < 1.29 is 0 Å². The SMILES string of the molecule is Cc1ccc(-c2ccc3ccc(C)cc3c2)cc1.Cc1ccc(-n2c3ccccc3c3ccccc32)cc1. The Kier molecular flexibility index (Phi) is 6.27. The van der Waals surface area contributed by atoms with Gasteiger partial charge < -0.3 is 4.57 Å². The largest absolute Gasteiger partial charge is 0.309 e. The van der Waals surface area contributed by atoms with Crippen LogP contribution in [0.4, 0.5) is 0 Å². The molecule has 0 saturated carbocycles. The molecule has 184 valence electrons. The molecule has 1 nitrogen and oxygen atoms in total. The molecule has 0 saturated heterocycles. The zero-order chi connectivity index (χ0) is 26.1. The van der Waals surface area contributed by atoms with E-state index in [1.165, 1.54) is 66.1 Å². The van der Waals surface area contributed by atoms with E-state index in [1.807, 2.05) is 0 Å². The predicted octanol–water partition coefficient (Wildman–Crippen LogP) is 10.2. The average Bonchev–Trinajstić information content (AvgIpc) is 3.28. The summed E-state index contributed by atoms with van der Waals surface area (Å²) in [6.45, 7) is 6.38. The first-order valence-corrected chi connectivity index (χ1v) is 13.2. The third-order valence-corrected chi connectivity index (χ3v) is 7.25. The maximum Gasteiger partial charge on any atom is 0.0541 e. The summed E-state index contributed by atoms with van der Waals surface area (Å²) in [6, 6.07) is 47.9. The fourth-order valence-electron chi connectivity index (χ4n) is 5.19. The molecular weight excluding hydrogens is 458 g/mol. The van der Waals surface area contributed by atoms with Crippen LogP contribution < -0.4 is 0 Å². The lowest BCUT2D eigenvalue weighted by atomic mass is 9.99. The number of fused-ring (bicyclic) bond motifs is 4. The lowest BCUT2D eigenvalue weighted by Crippen LogP contribution is -1.93. The van der Waals surface area contributed by atoms with E-state index in [4.69, 9.17) is 0 Å². The Morgan fingerprint density at radius 2 is 0.895 bits per heavy atom. The first-order valence-electron chi connectivity index (χ1n) is 13.2. The number of rotatable bonds is 2. The Labute approximate surface area is 224 Å². The molecule has 0 fully saturated rings. The maximum atomic E-state index is 2.34. The van der Waals surface area contributed by atoms with Crippen LogP contribution in [0.15, 0.2) is 133 Å². The summed E-state index contributed by atoms with van der Waals surface area (Å²) in [6.07, 6.45) is 0. The molecule has 1 heteroatoms. The molecule has 7 rings (SSSR count). The van der Waals surface area contributed by atoms with Crippen LogP contribution >= 0.6 is 0 Å². The Hall–Kier alpha value is -4.62. The van der Waals surface area contributed by atoms with Gasteiger partial charge in [0.15, 0.2) is 0 Å². The third kappa shape index (κ3) is 4.60. The van der Waals surface area contributed by atoms with E-state index in [0.29, 0.717) is 0 Å². The van der Waals surface area contributed by atoms with Crippen LogP contribution in [0.3, 0.4) is 0 Å². The maximum absolute atomic E-state index is 2.34. The van der Waals surface area contributed by atoms with Crippen LogP contribution in [-0.4, -0.2) is 4.57 Å². The summed E-state index contributed by atoms with van der Waals surface area (Å²) in [4.78, 5) is 0. The Morgan fingerprint density at radius 3 is 1.53 bits per heavy atom. The number of hydrogen-bond acceptors (Lipinski definition) is 0. The van der Waals surface area contributed by atoms with Gasteiger partial charge in [-0.2, -0.15) is 0 Å². The highest BCUT2D eigenvalue weighted by Crippen LogP contribution is 2.31. The first-order chi connectivity index (χ1) is 18.6. The number of aryl methyl sites for hydroxylation is 3. The molecule has 38 heavy (non-hydrogen) atoms. The van der Waals surface area contributed by atoms with E-state index >= 15 is 0 Å². The molecule has 1 aromatic heterocycles. The lowest BCUT2D eigenvalue weighted by Gasteiger charge is -2.07. The Morgan fingerprint density at radius 1 is 0.395 bits per heavy atom. The number of aromatic nitrogens is 1. The third-order valence-electron chi connectivity index (χ3n) is 7.25. The van der Waals surface area contributed by atoms with Crippen molar-refractivity contribution in [3.8, 4) is 16.8 Å². The van der Waals surface area contributed by atoms with Gasteiger partial charge >= 0.3 is 0 Å². The monoisotopic (exact) mass is 489 g/mol. The molecule has 1 heterocycles. The highest BCUT2D eigenvalue weighted by atomic mass is 15.0. The van der Waals surface area contributed by atoms with Crippen LogP contribution in [0.5, 0.6) is 0 Å². The number of nitrogens with zero attached hydrogens (tertiary/aromatic N) is 1. The molecule has 0 atom stereocenters. The summed E-state index contributed by atoms with van der Waals surface area (Å²) in [5, 5.41) is 5.23. The fourth-order valence-corrected chi connectivity index (χ4v) is 5.19. The van der Waals surface area contributed by atoms with Crippen molar-refractivity contribution in [3.63, 3.8) is 0 Å². The van der Waals surface area contributed by atoms with Gasteiger partial charge in [-0.05, 0) is 73.0 Å². The number of hydrogen-bond donors (Lipinski definition) is 0. The van der Waals surface area contributed by atoms with Gasteiger partial charge in [0.2, 0.25) is 0 Å². The van der Waals surface area contributed by atoms with Crippen LogP contribution in [0.25, 0.3) is 49.4 Å². The van der Waals surface area contributed by atoms with Gasteiger partial charge in [-0.25, -0.2) is 0 Å². The van der Waals surface area contributed by atoms with Gasteiger partial charge in [-0.15, -0.1) is 0 Å². The summed E-state index contributed by atoms with van der Waals surface area (Å²) >= 11 is 0. The van der Waals surface area contributed by atoms with Crippen molar-refractivity contribution in [1.29, 1.82) is 0 Å². The topological polar surface area (TPSA) is 4.93 Å². The second-order valence-corrected chi connectivity index (χ2v) is 10.1. The molecule has 0 spiro atoms. The van der Waals surface area contributed by atoms with Gasteiger partial charge in [-0.3, -0.25) is 0 Å². The molecule has 0 aliphatic rings. The van der Waals surface area contributed by atoms with Crippen LogP contribution in [0.1, 0.15) is 16.7 Å². The van der Waals surface area contributed by atoms with E-state index in [0.717, 1.165) is 0 Å². The van der Waals surface area contributed by atoms with Gasteiger partial charge in [0, 0.05) is 16.5 Å². The van der Waals surface area contributed by atoms with Gasteiger partial charge in [0.1, 0.15) is 0 Å². The molecule has 6 aromatic carbocycles. The minimum absolute atomic E-state index is 1.22. The fraction of sp³-hybridized carbons (Fsp3) is 0.0811. The average molecular weight is 490 g/mol. The van der Waals surface area contributed by atoms with Crippen molar-refractivity contribution in [2.24, 2.45) is 0 Å². The highest BCUT2D eigenvalue weighted by Gasteiger charge is 2.10. The van der Waals surface area contributed by atoms with Gasteiger partial charge in [-0.1, -0.05) is 120 Å². The molecule has 0 aliphatic carbocycles. The van der Waals surface area contributed by atoms with Crippen LogP contribution in [-0.2, 0) is 0 Å². The second-order valence-electron chi connectivity index (χ2n) is 10.1. The van der Waals surface area contributed by atoms with E-state index in [2.05, 4.69) is 159 Å². The molecule has 0 unspecified atom stereocenters. The van der Waals surface area contributed by atoms with Crippen molar-refractivity contribution in [3.05, 3.63) is 150 Å². The zero-order valence-electron chi connectivity index (χ0n) is 22.1. The molecule has 0 amide bonds. The second kappa shape index (κ2) is 10.0. The van der Waals surface area contributed by atoms with Crippen molar-refractivity contribution >= 4 is 32.6 Å². The summed E-state index contributed by atoms with van der Waals surface area (Å²) in [5.41, 5.74) is 10.2.